The van der Waals surface area contributed by atoms with Crippen LogP contribution in [0.4, 0.5) is 17.1 Å². The average molecular weight is 614 g/mol. The van der Waals surface area contributed by atoms with Crippen LogP contribution < -0.4 is 4.90 Å². The molecule has 0 bridgehead atoms. The van der Waals surface area contributed by atoms with Gasteiger partial charge in [0, 0.05) is 22.2 Å². The fraction of sp³-hybridized carbons (Fsp3) is 0.0638. The maximum absolute atomic E-state index is 2.51. The third-order valence-corrected chi connectivity index (χ3v) is 10.2. The van der Waals surface area contributed by atoms with Crippen molar-refractivity contribution in [3.63, 3.8) is 0 Å². The van der Waals surface area contributed by atoms with Crippen molar-refractivity contribution in [1.82, 2.24) is 0 Å². The smallest absolute Gasteiger partial charge is 0.0593 e. The lowest BCUT2D eigenvalue weighted by Crippen LogP contribution is -2.21. The van der Waals surface area contributed by atoms with Gasteiger partial charge in [0.05, 0.1) is 5.69 Å². The molecule has 0 amide bonds. The van der Waals surface area contributed by atoms with Gasteiger partial charge in [0.15, 0.2) is 0 Å². The van der Waals surface area contributed by atoms with Gasteiger partial charge in [-0.15, -0.1) is 0 Å². The minimum absolute atomic E-state index is 0.197. The summed E-state index contributed by atoms with van der Waals surface area (Å²) in [4.78, 5) is 2.51. The van der Waals surface area contributed by atoms with Gasteiger partial charge in [0.2, 0.25) is 0 Å². The SMILES string of the molecule is CC1(C)c2ccccc2-c2cc3ccc4ccccc4c3c(N(c3ccccc3)c3ccc(-c4cccc(-c5ccccc5)c4)cc3)c21. The Labute approximate surface area is 282 Å². The molecule has 8 aromatic carbocycles. The molecule has 8 aromatic rings. The van der Waals surface area contributed by atoms with E-state index in [2.05, 4.69) is 195 Å². The monoisotopic (exact) mass is 613 g/mol. The van der Waals surface area contributed by atoms with Crippen molar-refractivity contribution in [1.29, 1.82) is 0 Å². The number of anilines is 3. The first kappa shape index (κ1) is 28.3. The standard InChI is InChI=1S/C47H35N/c1-47(2)43-23-12-11-22-41(43)42-31-37-25-24-34-16-9-10-21-40(34)44(37)46(45(42)47)48(38-19-7-4-8-20-38)39-28-26-33(27-29-39)36-18-13-17-35(30-36)32-14-5-3-6-15-32/h3-31H,1-2H3. The van der Waals surface area contributed by atoms with Crippen LogP contribution in [0.3, 0.4) is 0 Å². The Hall–Kier alpha value is -5.92. The maximum Gasteiger partial charge on any atom is 0.0593 e. The molecule has 0 saturated heterocycles. The molecule has 0 unspecified atom stereocenters. The highest BCUT2D eigenvalue weighted by molar-refractivity contribution is 6.18. The van der Waals surface area contributed by atoms with Crippen molar-refractivity contribution in [2.45, 2.75) is 19.3 Å². The Bertz CT molecular complexity index is 2460. The number of fused-ring (bicyclic) bond motifs is 6. The Kier molecular flexibility index (Phi) is 6.55. The van der Waals surface area contributed by atoms with Crippen LogP contribution in [0.25, 0.3) is 54.9 Å². The first-order valence-electron chi connectivity index (χ1n) is 16.8. The zero-order valence-corrected chi connectivity index (χ0v) is 27.2. The zero-order chi connectivity index (χ0) is 32.2. The summed E-state index contributed by atoms with van der Waals surface area (Å²) in [6.07, 6.45) is 0. The fourth-order valence-electron chi connectivity index (χ4n) is 7.92. The molecule has 1 aliphatic carbocycles. The fourth-order valence-corrected chi connectivity index (χ4v) is 7.92. The predicted octanol–water partition coefficient (Wildman–Crippen LogP) is 13.1. The normalized spacial score (nSPS) is 13.0. The molecular formula is C47H35N. The molecule has 0 radical (unpaired) electrons. The maximum atomic E-state index is 2.51. The average Bonchev–Trinajstić information content (AvgIpc) is 3.38. The summed E-state index contributed by atoms with van der Waals surface area (Å²) in [5.74, 6) is 0. The van der Waals surface area contributed by atoms with Crippen LogP contribution in [-0.4, -0.2) is 0 Å². The summed E-state index contributed by atoms with van der Waals surface area (Å²) in [5.41, 5.74) is 13.6. The molecule has 0 spiro atoms. The lowest BCUT2D eigenvalue weighted by atomic mass is 9.79. The first-order chi connectivity index (χ1) is 23.6. The molecule has 0 atom stereocenters. The predicted molar refractivity (Wildman–Crippen MR) is 205 cm³/mol. The van der Waals surface area contributed by atoms with E-state index in [0.29, 0.717) is 0 Å². The highest BCUT2D eigenvalue weighted by Gasteiger charge is 2.40. The van der Waals surface area contributed by atoms with Crippen molar-refractivity contribution in [3.8, 4) is 33.4 Å². The molecule has 0 fully saturated rings. The molecule has 0 N–H and O–H groups in total. The third-order valence-electron chi connectivity index (χ3n) is 10.2. The van der Waals surface area contributed by atoms with Crippen LogP contribution in [0.15, 0.2) is 176 Å². The summed E-state index contributed by atoms with van der Waals surface area (Å²) in [6.45, 7) is 4.79. The number of benzene rings is 8. The summed E-state index contributed by atoms with van der Waals surface area (Å²) >= 11 is 0. The molecule has 0 aromatic heterocycles. The van der Waals surface area contributed by atoms with Gasteiger partial charge in [-0.05, 0) is 97.1 Å². The number of nitrogens with zero attached hydrogens (tertiary/aromatic N) is 1. The Morgan fingerprint density at radius 1 is 0.417 bits per heavy atom. The Morgan fingerprint density at radius 2 is 1.00 bits per heavy atom. The van der Waals surface area contributed by atoms with Crippen LogP contribution in [0.1, 0.15) is 25.0 Å². The minimum Gasteiger partial charge on any atom is -0.310 e. The van der Waals surface area contributed by atoms with Crippen molar-refractivity contribution < 1.29 is 0 Å². The highest BCUT2D eigenvalue weighted by atomic mass is 15.1. The Balaban J connectivity index is 1.30. The van der Waals surface area contributed by atoms with Gasteiger partial charge >= 0.3 is 0 Å². The van der Waals surface area contributed by atoms with E-state index in [4.69, 9.17) is 0 Å². The number of hydrogen-bond acceptors (Lipinski definition) is 1. The van der Waals surface area contributed by atoms with E-state index in [9.17, 15) is 0 Å². The molecule has 9 rings (SSSR count). The van der Waals surface area contributed by atoms with Gasteiger partial charge in [0.25, 0.3) is 0 Å². The van der Waals surface area contributed by atoms with Gasteiger partial charge in [-0.2, -0.15) is 0 Å². The van der Waals surface area contributed by atoms with Crippen molar-refractivity contribution in [2.24, 2.45) is 0 Å². The van der Waals surface area contributed by atoms with Crippen LogP contribution in [0.2, 0.25) is 0 Å². The molecule has 0 heterocycles. The molecule has 228 valence electrons. The molecule has 0 saturated carbocycles. The second kappa shape index (κ2) is 11.1. The van der Waals surface area contributed by atoms with Crippen LogP contribution in [0.5, 0.6) is 0 Å². The van der Waals surface area contributed by atoms with Gasteiger partial charge in [-0.1, -0.05) is 153 Å². The summed E-state index contributed by atoms with van der Waals surface area (Å²) in [6, 6.07) is 64.3. The van der Waals surface area contributed by atoms with Crippen molar-refractivity contribution >= 4 is 38.6 Å². The molecule has 1 heteroatoms. The van der Waals surface area contributed by atoms with Crippen LogP contribution in [-0.2, 0) is 5.41 Å². The van der Waals surface area contributed by atoms with E-state index < -0.39 is 0 Å². The van der Waals surface area contributed by atoms with Gasteiger partial charge in [0.1, 0.15) is 0 Å². The number of rotatable bonds is 5. The van der Waals surface area contributed by atoms with Gasteiger partial charge in [-0.3, -0.25) is 0 Å². The van der Waals surface area contributed by atoms with Crippen LogP contribution in [0, 0.1) is 0 Å². The van der Waals surface area contributed by atoms with Crippen molar-refractivity contribution in [2.75, 3.05) is 4.90 Å². The first-order valence-corrected chi connectivity index (χ1v) is 16.8. The Morgan fingerprint density at radius 3 is 1.77 bits per heavy atom. The third kappa shape index (κ3) is 4.47. The molecule has 1 aliphatic rings. The quantitative estimate of drug-likeness (QED) is 0.175. The van der Waals surface area contributed by atoms with E-state index in [1.54, 1.807) is 0 Å². The van der Waals surface area contributed by atoms with Crippen LogP contribution >= 0.6 is 0 Å². The van der Waals surface area contributed by atoms with E-state index in [0.717, 1.165) is 11.4 Å². The van der Waals surface area contributed by atoms with E-state index in [1.807, 2.05) is 0 Å². The summed E-state index contributed by atoms with van der Waals surface area (Å²) < 4.78 is 0. The van der Waals surface area contributed by atoms with E-state index in [-0.39, 0.29) is 5.41 Å². The molecular weight excluding hydrogens is 579 g/mol. The lowest BCUT2D eigenvalue weighted by Gasteiger charge is -2.34. The topological polar surface area (TPSA) is 3.24 Å². The van der Waals surface area contributed by atoms with Gasteiger partial charge < -0.3 is 4.90 Å². The van der Waals surface area contributed by atoms with Gasteiger partial charge in [-0.25, -0.2) is 0 Å². The largest absolute Gasteiger partial charge is 0.310 e. The molecule has 0 aliphatic heterocycles. The summed E-state index contributed by atoms with van der Waals surface area (Å²) in [5, 5.41) is 5.07. The summed E-state index contributed by atoms with van der Waals surface area (Å²) in [7, 11) is 0. The number of hydrogen-bond donors (Lipinski definition) is 0. The minimum atomic E-state index is -0.197. The number of para-hydroxylation sites is 1. The molecule has 1 nitrogen and oxygen atoms in total. The van der Waals surface area contributed by atoms with E-state index >= 15 is 0 Å². The lowest BCUT2D eigenvalue weighted by molar-refractivity contribution is 0.661. The molecule has 48 heavy (non-hydrogen) atoms. The zero-order valence-electron chi connectivity index (χ0n) is 27.2. The second-order valence-electron chi connectivity index (χ2n) is 13.4. The second-order valence-corrected chi connectivity index (χ2v) is 13.4. The van der Waals surface area contributed by atoms with E-state index in [1.165, 1.54) is 71.7 Å². The van der Waals surface area contributed by atoms with Crippen molar-refractivity contribution in [3.05, 3.63) is 187 Å². The highest BCUT2D eigenvalue weighted by Crippen LogP contribution is 2.57.